The minimum Gasteiger partial charge on any atom is -0.497 e. The summed E-state index contributed by atoms with van der Waals surface area (Å²) in [4.78, 5) is 15.3. The lowest BCUT2D eigenvalue weighted by Gasteiger charge is -2.29. The highest BCUT2D eigenvalue weighted by atomic mass is 16.5. The van der Waals surface area contributed by atoms with Gasteiger partial charge in [0.25, 0.3) is 0 Å². The normalized spacial score (nSPS) is 17.6. The minimum absolute atomic E-state index is 0.0398. The molecule has 1 fully saturated rings. The molecule has 0 aliphatic carbocycles. The monoisotopic (exact) mass is 385 g/mol. The summed E-state index contributed by atoms with van der Waals surface area (Å²) in [7, 11) is 3.30. The Morgan fingerprint density at radius 2 is 2.00 bits per heavy atom. The largest absolute Gasteiger partial charge is 0.497 e. The van der Waals surface area contributed by atoms with Crippen LogP contribution in [0.1, 0.15) is 48.3 Å². The number of methoxy groups -OCH3 is 2. The molecule has 28 heavy (non-hydrogen) atoms. The molecule has 3 rings (SSSR count). The van der Waals surface area contributed by atoms with E-state index in [0.717, 1.165) is 47.8 Å². The van der Waals surface area contributed by atoms with Crippen molar-refractivity contribution in [1.82, 2.24) is 14.7 Å². The quantitative estimate of drug-likeness (QED) is 0.758. The van der Waals surface area contributed by atoms with Gasteiger partial charge in [-0.1, -0.05) is 6.92 Å². The fourth-order valence-corrected chi connectivity index (χ4v) is 4.03. The van der Waals surface area contributed by atoms with Gasteiger partial charge in [-0.3, -0.25) is 9.48 Å². The molecule has 1 aliphatic heterocycles. The summed E-state index contributed by atoms with van der Waals surface area (Å²) in [5, 5.41) is 4.59. The van der Waals surface area contributed by atoms with Crippen molar-refractivity contribution in [2.24, 2.45) is 5.92 Å². The number of carbonyl (C=O) groups excluding carboxylic acids is 1. The number of nitrogens with zero attached hydrogens (tertiary/aromatic N) is 3. The predicted octanol–water partition coefficient (Wildman–Crippen LogP) is 3.83. The minimum atomic E-state index is -0.137. The van der Waals surface area contributed by atoms with E-state index in [1.165, 1.54) is 5.56 Å². The highest BCUT2D eigenvalue weighted by Crippen LogP contribution is 2.39. The van der Waals surface area contributed by atoms with Gasteiger partial charge in [0.1, 0.15) is 11.5 Å². The number of likely N-dealkylation sites (tertiary alicyclic amines) is 1. The van der Waals surface area contributed by atoms with Crippen LogP contribution in [0.2, 0.25) is 0 Å². The van der Waals surface area contributed by atoms with Crippen LogP contribution in [0.15, 0.2) is 18.2 Å². The third kappa shape index (κ3) is 3.73. The van der Waals surface area contributed by atoms with E-state index in [4.69, 9.17) is 9.47 Å². The molecule has 0 radical (unpaired) electrons. The first-order valence-corrected chi connectivity index (χ1v) is 9.90. The van der Waals surface area contributed by atoms with Gasteiger partial charge < -0.3 is 14.4 Å². The van der Waals surface area contributed by atoms with Crippen LogP contribution in [-0.4, -0.2) is 41.4 Å². The molecule has 1 aromatic carbocycles. The summed E-state index contributed by atoms with van der Waals surface area (Å²) in [6.45, 7) is 9.52. The second-order valence-electron chi connectivity index (χ2n) is 7.68. The summed E-state index contributed by atoms with van der Waals surface area (Å²) in [6, 6.07) is 5.88. The fraction of sp³-hybridized carbons (Fsp3) is 0.545. The molecule has 0 saturated carbocycles. The van der Waals surface area contributed by atoms with Crippen molar-refractivity contribution in [3.63, 3.8) is 0 Å². The summed E-state index contributed by atoms with van der Waals surface area (Å²) >= 11 is 0. The Kier molecular flexibility index (Phi) is 5.96. The van der Waals surface area contributed by atoms with Gasteiger partial charge in [0, 0.05) is 23.9 Å². The topological polar surface area (TPSA) is 56.6 Å². The predicted molar refractivity (Wildman–Crippen MR) is 109 cm³/mol. The number of rotatable bonds is 6. The third-order valence-electron chi connectivity index (χ3n) is 5.95. The zero-order valence-electron chi connectivity index (χ0n) is 17.8. The lowest BCUT2D eigenvalue weighted by atomic mass is 10.0. The molecule has 0 spiro atoms. The first-order valence-electron chi connectivity index (χ1n) is 9.90. The van der Waals surface area contributed by atoms with E-state index < -0.39 is 0 Å². The van der Waals surface area contributed by atoms with Crippen molar-refractivity contribution in [3.05, 3.63) is 40.7 Å². The smallest absolute Gasteiger partial charge is 0.227 e. The van der Waals surface area contributed by atoms with Crippen molar-refractivity contribution in [1.29, 1.82) is 0 Å². The number of carbonyl (C=O) groups is 1. The second-order valence-corrected chi connectivity index (χ2v) is 7.68. The van der Waals surface area contributed by atoms with E-state index in [-0.39, 0.29) is 17.9 Å². The molecule has 6 nitrogen and oxygen atoms in total. The molecule has 1 amide bonds. The van der Waals surface area contributed by atoms with Crippen LogP contribution in [0.4, 0.5) is 0 Å². The van der Waals surface area contributed by atoms with Crippen LogP contribution in [0, 0.1) is 26.7 Å². The van der Waals surface area contributed by atoms with Crippen LogP contribution in [0.25, 0.3) is 0 Å². The number of aromatic nitrogens is 2. The molecule has 1 aromatic heterocycles. The van der Waals surface area contributed by atoms with Crippen molar-refractivity contribution >= 4 is 5.91 Å². The fourth-order valence-electron chi connectivity index (χ4n) is 4.03. The van der Waals surface area contributed by atoms with Crippen molar-refractivity contribution in [2.45, 2.75) is 53.1 Å². The van der Waals surface area contributed by atoms with Gasteiger partial charge in [0.15, 0.2) is 0 Å². The molecule has 6 heteroatoms. The average molecular weight is 386 g/mol. The van der Waals surface area contributed by atoms with E-state index in [0.29, 0.717) is 6.54 Å². The Hall–Kier alpha value is -2.50. The van der Waals surface area contributed by atoms with Crippen LogP contribution >= 0.6 is 0 Å². The molecule has 1 saturated heterocycles. The number of amides is 1. The van der Waals surface area contributed by atoms with Crippen molar-refractivity contribution in [3.8, 4) is 11.5 Å². The number of hydrogen-bond acceptors (Lipinski definition) is 4. The first-order chi connectivity index (χ1) is 13.4. The number of hydrogen-bond donors (Lipinski definition) is 0. The lowest BCUT2D eigenvalue weighted by molar-refractivity contribution is -0.136. The van der Waals surface area contributed by atoms with Crippen LogP contribution in [0.5, 0.6) is 11.5 Å². The van der Waals surface area contributed by atoms with Gasteiger partial charge in [0.2, 0.25) is 5.91 Å². The Balaban J connectivity index is 1.80. The van der Waals surface area contributed by atoms with E-state index in [2.05, 4.69) is 18.9 Å². The summed E-state index contributed by atoms with van der Waals surface area (Å²) in [5.74, 6) is 1.56. The van der Waals surface area contributed by atoms with Gasteiger partial charge >= 0.3 is 0 Å². The van der Waals surface area contributed by atoms with Gasteiger partial charge in [-0.05, 0) is 51.3 Å². The SMILES string of the molecule is COc1ccc([C@H]2CCCN2C(=O)[C@H](C)Cn2nc(C)c(C)c2C)c(OC)c1. The van der Waals surface area contributed by atoms with Crippen LogP contribution in [-0.2, 0) is 11.3 Å². The molecule has 2 aromatic rings. The van der Waals surface area contributed by atoms with E-state index >= 15 is 0 Å². The maximum absolute atomic E-state index is 13.3. The Morgan fingerprint density at radius 1 is 1.25 bits per heavy atom. The van der Waals surface area contributed by atoms with Crippen molar-refractivity contribution in [2.75, 3.05) is 20.8 Å². The molecule has 1 aliphatic rings. The first kappa shape index (κ1) is 20.2. The van der Waals surface area contributed by atoms with Gasteiger partial charge in [0.05, 0.1) is 38.4 Å². The molecule has 0 unspecified atom stereocenters. The van der Waals surface area contributed by atoms with Crippen LogP contribution in [0.3, 0.4) is 0 Å². The maximum atomic E-state index is 13.3. The molecule has 2 heterocycles. The number of aryl methyl sites for hydroxylation is 1. The van der Waals surface area contributed by atoms with Crippen molar-refractivity contribution < 1.29 is 14.3 Å². The number of benzene rings is 1. The molecule has 2 atom stereocenters. The zero-order chi connectivity index (χ0) is 20.4. The van der Waals surface area contributed by atoms with E-state index in [1.807, 2.05) is 41.6 Å². The second kappa shape index (κ2) is 8.25. The Labute approximate surface area is 167 Å². The molecule has 0 bridgehead atoms. The summed E-state index contributed by atoms with van der Waals surface area (Å²) in [5.41, 5.74) is 4.40. The average Bonchev–Trinajstić information content (AvgIpc) is 3.28. The third-order valence-corrected chi connectivity index (χ3v) is 5.95. The standard InChI is InChI=1S/C22H31N3O3/c1-14(13-25-17(4)15(2)16(3)23-25)22(26)24-11-7-8-20(24)19-10-9-18(27-5)12-21(19)28-6/h9-10,12,14,20H,7-8,11,13H2,1-6H3/t14-,20-/m1/s1. The van der Waals surface area contributed by atoms with E-state index in [1.54, 1.807) is 14.2 Å². The molecular formula is C22H31N3O3. The molecule has 0 N–H and O–H groups in total. The van der Waals surface area contributed by atoms with E-state index in [9.17, 15) is 4.79 Å². The summed E-state index contributed by atoms with van der Waals surface area (Å²) in [6.07, 6.45) is 1.94. The highest BCUT2D eigenvalue weighted by Gasteiger charge is 2.34. The number of ether oxygens (including phenoxy) is 2. The van der Waals surface area contributed by atoms with Crippen LogP contribution < -0.4 is 9.47 Å². The summed E-state index contributed by atoms with van der Waals surface area (Å²) < 4.78 is 12.9. The van der Waals surface area contributed by atoms with Gasteiger partial charge in [-0.15, -0.1) is 0 Å². The maximum Gasteiger partial charge on any atom is 0.227 e. The Bertz CT molecular complexity index is 859. The van der Waals surface area contributed by atoms with Gasteiger partial charge in [-0.25, -0.2) is 0 Å². The Morgan fingerprint density at radius 3 is 2.61 bits per heavy atom. The lowest BCUT2D eigenvalue weighted by Crippen LogP contribution is -2.36. The highest BCUT2D eigenvalue weighted by molar-refractivity contribution is 5.79. The van der Waals surface area contributed by atoms with Gasteiger partial charge in [-0.2, -0.15) is 5.10 Å². The zero-order valence-corrected chi connectivity index (χ0v) is 17.8. The molecule has 152 valence electrons. The molecular weight excluding hydrogens is 354 g/mol.